The van der Waals surface area contributed by atoms with Crippen LogP contribution in [-0.2, 0) is 0 Å². The molecule has 11 rings (SSSR count). The molecule has 1 heteroatoms. The van der Waals surface area contributed by atoms with Crippen LogP contribution in [0.1, 0.15) is 0 Å². The van der Waals surface area contributed by atoms with E-state index < -0.39 is 0 Å². The summed E-state index contributed by atoms with van der Waals surface area (Å²) in [6.07, 6.45) is 0. The normalized spacial score (nSPS) is 11.5. The van der Waals surface area contributed by atoms with Crippen LogP contribution in [0.5, 0.6) is 0 Å². The molecule has 0 radical (unpaired) electrons. The second kappa shape index (κ2) is 13.7. The summed E-state index contributed by atoms with van der Waals surface area (Å²) >= 11 is 0. The molecule has 1 nitrogen and oxygen atoms in total. The average molecular weight is 724 g/mol. The summed E-state index contributed by atoms with van der Waals surface area (Å²) in [6.45, 7) is 0. The molecule has 10 aromatic carbocycles. The van der Waals surface area contributed by atoms with Crippen molar-refractivity contribution in [2.75, 3.05) is 4.90 Å². The molecule has 10 aromatic rings. The lowest BCUT2D eigenvalue weighted by Crippen LogP contribution is -2.09. The molecule has 1 aliphatic carbocycles. The predicted octanol–water partition coefficient (Wildman–Crippen LogP) is 15.8. The summed E-state index contributed by atoms with van der Waals surface area (Å²) in [7, 11) is 0. The van der Waals surface area contributed by atoms with Gasteiger partial charge in [0.25, 0.3) is 0 Å². The monoisotopic (exact) mass is 723 g/mol. The van der Waals surface area contributed by atoms with Gasteiger partial charge in [-0.2, -0.15) is 0 Å². The van der Waals surface area contributed by atoms with Crippen LogP contribution in [0, 0.1) is 0 Å². The number of rotatable bonds is 7. The minimum Gasteiger partial charge on any atom is -0.311 e. The van der Waals surface area contributed by atoms with E-state index in [-0.39, 0.29) is 0 Å². The van der Waals surface area contributed by atoms with Gasteiger partial charge in [0.05, 0.1) is 0 Å². The molecular weight excluding hydrogens is 687 g/mol. The number of fused-ring (bicyclic) bond motifs is 4. The quantitative estimate of drug-likeness (QED) is 0.158. The second-order valence-electron chi connectivity index (χ2n) is 14.9. The molecule has 0 bridgehead atoms. The van der Waals surface area contributed by atoms with Crippen LogP contribution in [0.2, 0.25) is 0 Å². The first-order valence-electron chi connectivity index (χ1n) is 19.7. The molecule has 0 fully saturated rings. The molecular formula is C56H37N. The van der Waals surface area contributed by atoms with Crippen LogP contribution >= 0.6 is 0 Å². The summed E-state index contributed by atoms with van der Waals surface area (Å²) in [5.41, 5.74) is 18.4. The zero-order chi connectivity index (χ0) is 37.7. The van der Waals surface area contributed by atoms with Crippen LogP contribution in [-0.4, -0.2) is 0 Å². The van der Waals surface area contributed by atoms with Gasteiger partial charge >= 0.3 is 0 Å². The maximum Gasteiger partial charge on any atom is 0.0462 e. The zero-order valence-electron chi connectivity index (χ0n) is 31.3. The zero-order valence-corrected chi connectivity index (χ0v) is 31.3. The predicted molar refractivity (Wildman–Crippen MR) is 242 cm³/mol. The van der Waals surface area contributed by atoms with Crippen LogP contribution < -0.4 is 4.90 Å². The molecule has 0 N–H and O–H groups in total. The number of anilines is 3. The van der Waals surface area contributed by atoms with Crippen molar-refractivity contribution in [3.63, 3.8) is 0 Å². The third-order valence-electron chi connectivity index (χ3n) is 11.6. The van der Waals surface area contributed by atoms with Crippen molar-refractivity contribution in [1.29, 1.82) is 0 Å². The van der Waals surface area contributed by atoms with Crippen LogP contribution in [0.3, 0.4) is 0 Å². The van der Waals surface area contributed by atoms with E-state index in [9.17, 15) is 0 Å². The van der Waals surface area contributed by atoms with Gasteiger partial charge in [-0.1, -0.05) is 176 Å². The first-order valence-corrected chi connectivity index (χ1v) is 19.7. The van der Waals surface area contributed by atoms with E-state index in [1.165, 1.54) is 88.3 Å². The summed E-state index contributed by atoms with van der Waals surface area (Å²) in [5, 5.41) is 5.15. The summed E-state index contributed by atoms with van der Waals surface area (Å²) in [4.78, 5) is 2.34. The summed E-state index contributed by atoms with van der Waals surface area (Å²) in [6, 6.07) is 81.8. The van der Waals surface area contributed by atoms with Crippen LogP contribution in [0.15, 0.2) is 224 Å². The van der Waals surface area contributed by atoms with E-state index in [2.05, 4.69) is 229 Å². The lowest BCUT2D eigenvalue weighted by Gasteiger charge is -2.26. The Morgan fingerprint density at radius 3 is 1.16 bits per heavy atom. The highest BCUT2D eigenvalue weighted by atomic mass is 15.1. The Bertz CT molecular complexity index is 2960. The van der Waals surface area contributed by atoms with E-state index in [0.29, 0.717) is 0 Å². The molecule has 0 aliphatic heterocycles. The standard InChI is InChI=1S/C56H37N/c1-3-10-38(11-4-1)40-22-28-47(29-23-40)57(48-30-24-41(25-31-48)39-12-5-2-6-13-39)49-32-26-42(27-33-49)43-18-19-45-37-46(21-20-44(45)36-43)50-34-35-55-52-15-8-7-14-51(52)54-17-9-16-53(50)56(54)55/h1-37H. The summed E-state index contributed by atoms with van der Waals surface area (Å²) < 4.78 is 0. The number of hydrogen-bond acceptors (Lipinski definition) is 1. The Morgan fingerprint density at radius 1 is 0.228 bits per heavy atom. The molecule has 0 amide bonds. The summed E-state index contributed by atoms with van der Waals surface area (Å²) in [5.74, 6) is 0. The van der Waals surface area contributed by atoms with Gasteiger partial charge in [0, 0.05) is 17.1 Å². The van der Waals surface area contributed by atoms with E-state index in [0.717, 1.165) is 17.1 Å². The van der Waals surface area contributed by atoms with Crippen LogP contribution in [0.4, 0.5) is 17.1 Å². The Hall–Kier alpha value is -7.48. The van der Waals surface area contributed by atoms with Gasteiger partial charge in [-0.15, -0.1) is 0 Å². The molecule has 0 heterocycles. The first-order chi connectivity index (χ1) is 28.2. The Labute approximate surface area is 333 Å². The molecule has 0 spiro atoms. The van der Waals surface area contributed by atoms with Gasteiger partial charge in [-0.05, 0) is 137 Å². The SMILES string of the molecule is c1ccc(-c2ccc(N(c3ccc(-c4ccccc4)cc3)c3ccc(-c4ccc5cc(-c6ccc7c8c(cccc68)-c6ccccc6-7)ccc5c4)cc3)cc2)cc1. The largest absolute Gasteiger partial charge is 0.311 e. The highest BCUT2D eigenvalue weighted by Gasteiger charge is 2.22. The van der Waals surface area contributed by atoms with Gasteiger partial charge < -0.3 is 4.90 Å². The van der Waals surface area contributed by atoms with E-state index in [4.69, 9.17) is 0 Å². The van der Waals surface area contributed by atoms with Gasteiger partial charge in [-0.3, -0.25) is 0 Å². The topological polar surface area (TPSA) is 3.24 Å². The fraction of sp³-hybridized carbons (Fsp3) is 0. The average Bonchev–Trinajstić information content (AvgIpc) is 3.62. The molecule has 57 heavy (non-hydrogen) atoms. The van der Waals surface area contributed by atoms with Gasteiger partial charge in [0.15, 0.2) is 0 Å². The van der Waals surface area contributed by atoms with Crippen molar-refractivity contribution in [1.82, 2.24) is 0 Å². The molecule has 0 saturated carbocycles. The molecule has 0 atom stereocenters. The first kappa shape index (κ1) is 32.9. The fourth-order valence-corrected chi connectivity index (χ4v) is 8.77. The van der Waals surface area contributed by atoms with E-state index in [1.807, 2.05) is 0 Å². The van der Waals surface area contributed by atoms with Gasteiger partial charge in [-0.25, -0.2) is 0 Å². The number of hydrogen-bond donors (Lipinski definition) is 0. The molecule has 266 valence electrons. The van der Waals surface area contributed by atoms with Crippen LogP contribution in [0.25, 0.3) is 88.3 Å². The molecule has 0 saturated heterocycles. The third kappa shape index (κ3) is 5.80. The van der Waals surface area contributed by atoms with Crippen molar-refractivity contribution in [3.05, 3.63) is 224 Å². The second-order valence-corrected chi connectivity index (χ2v) is 14.9. The van der Waals surface area contributed by atoms with Gasteiger partial charge in [0.2, 0.25) is 0 Å². The van der Waals surface area contributed by atoms with E-state index in [1.54, 1.807) is 0 Å². The lowest BCUT2D eigenvalue weighted by atomic mass is 9.92. The maximum atomic E-state index is 2.35. The van der Waals surface area contributed by atoms with Crippen molar-refractivity contribution in [2.24, 2.45) is 0 Å². The minimum atomic E-state index is 1.11. The maximum absolute atomic E-state index is 2.35. The molecule has 0 unspecified atom stereocenters. The smallest absolute Gasteiger partial charge is 0.0462 e. The van der Waals surface area contributed by atoms with Crippen molar-refractivity contribution >= 4 is 38.6 Å². The fourth-order valence-electron chi connectivity index (χ4n) is 8.77. The Balaban J connectivity index is 0.916. The third-order valence-corrected chi connectivity index (χ3v) is 11.6. The van der Waals surface area contributed by atoms with Crippen molar-refractivity contribution < 1.29 is 0 Å². The van der Waals surface area contributed by atoms with E-state index >= 15 is 0 Å². The molecule has 1 aliphatic rings. The minimum absolute atomic E-state index is 1.11. The highest BCUT2D eigenvalue weighted by molar-refractivity contribution is 6.18. The van der Waals surface area contributed by atoms with Crippen molar-refractivity contribution in [3.8, 4) is 66.8 Å². The highest BCUT2D eigenvalue weighted by Crippen LogP contribution is 2.49. The molecule has 0 aromatic heterocycles. The van der Waals surface area contributed by atoms with Crippen molar-refractivity contribution in [2.45, 2.75) is 0 Å². The lowest BCUT2D eigenvalue weighted by molar-refractivity contribution is 1.28. The Morgan fingerprint density at radius 2 is 0.614 bits per heavy atom. The van der Waals surface area contributed by atoms with Gasteiger partial charge in [0.1, 0.15) is 0 Å². The number of nitrogens with zero attached hydrogens (tertiary/aromatic N) is 1. The number of benzene rings is 10. The Kier molecular flexibility index (Phi) is 7.89.